The van der Waals surface area contributed by atoms with Crippen LogP contribution in [-0.2, 0) is 16.1 Å². The number of halogens is 1. The second kappa shape index (κ2) is 7.95. The van der Waals surface area contributed by atoms with Gasteiger partial charge in [-0.05, 0) is 30.7 Å². The van der Waals surface area contributed by atoms with Crippen LogP contribution in [0, 0.1) is 0 Å². The summed E-state index contributed by atoms with van der Waals surface area (Å²) in [6.45, 7) is 3.12. The van der Waals surface area contributed by atoms with Gasteiger partial charge in [-0.1, -0.05) is 23.7 Å². The van der Waals surface area contributed by atoms with E-state index in [0.29, 0.717) is 41.7 Å². The third kappa shape index (κ3) is 3.70. The molecule has 1 fully saturated rings. The molecule has 1 aromatic carbocycles. The Kier molecular flexibility index (Phi) is 5.34. The monoisotopic (exact) mass is 427 g/mol. The Morgan fingerprint density at radius 1 is 1.23 bits per heavy atom. The van der Waals surface area contributed by atoms with E-state index in [1.807, 2.05) is 12.1 Å². The highest BCUT2D eigenvalue weighted by Gasteiger charge is 2.34. The van der Waals surface area contributed by atoms with Crippen molar-refractivity contribution in [1.82, 2.24) is 14.8 Å². The summed E-state index contributed by atoms with van der Waals surface area (Å²) in [6.07, 6.45) is 1.49. The molecule has 3 heterocycles. The smallest absolute Gasteiger partial charge is 0.256 e. The summed E-state index contributed by atoms with van der Waals surface area (Å²) in [5.41, 5.74) is 1.80. The number of hydrogen-bond acceptors (Lipinski definition) is 5. The first-order valence-corrected chi connectivity index (χ1v) is 10.1. The fraction of sp³-hybridized carbons (Fsp3) is 0.333. The quantitative estimate of drug-likeness (QED) is 0.809. The maximum absolute atomic E-state index is 13.1. The molecule has 2 aliphatic rings. The molecule has 1 atom stereocenters. The number of nitrogens with one attached hydrogen (secondary N) is 1. The predicted molar refractivity (Wildman–Crippen MR) is 114 cm³/mol. The molecule has 2 aliphatic heterocycles. The van der Waals surface area contributed by atoms with Crippen LogP contribution in [0.4, 0.5) is 11.5 Å². The van der Waals surface area contributed by atoms with Crippen LogP contribution in [0.15, 0.2) is 36.5 Å². The van der Waals surface area contributed by atoms with Crippen molar-refractivity contribution in [1.29, 1.82) is 0 Å². The van der Waals surface area contributed by atoms with E-state index in [1.54, 1.807) is 46.9 Å². The fourth-order valence-corrected chi connectivity index (χ4v) is 3.83. The predicted octanol–water partition coefficient (Wildman–Crippen LogP) is 2.00. The molecule has 3 amide bonds. The molecule has 0 bridgehead atoms. The molecule has 1 saturated heterocycles. The van der Waals surface area contributed by atoms with Crippen LogP contribution in [0.5, 0.6) is 0 Å². The lowest BCUT2D eigenvalue weighted by Crippen LogP contribution is -2.56. The topological polar surface area (TPSA) is 85.9 Å². The molecule has 0 aliphatic carbocycles. The summed E-state index contributed by atoms with van der Waals surface area (Å²) in [7, 11) is 1.73. The van der Waals surface area contributed by atoms with E-state index in [0.717, 1.165) is 5.56 Å². The molecule has 8 nitrogen and oxygen atoms in total. The molecular formula is C21H22ClN5O3. The van der Waals surface area contributed by atoms with Gasteiger partial charge in [0.05, 0.1) is 24.3 Å². The van der Waals surface area contributed by atoms with E-state index in [-0.39, 0.29) is 24.3 Å². The van der Waals surface area contributed by atoms with E-state index in [9.17, 15) is 14.4 Å². The van der Waals surface area contributed by atoms with Crippen LogP contribution in [0.1, 0.15) is 22.8 Å². The SMILES string of the molecule is CC1C(=O)N(C)CCN1C(=O)c1cnc2c(c1)N(Cc1ccc(Cl)cc1)C(=O)CN2. The number of rotatable bonds is 3. The molecule has 0 radical (unpaired) electrons. The van der Waals surface area contributed by atoms with Crippen LogP contribution in [0.3, 0.4) is 0 Å². The Morgan fingerprint density at radius 3 is 2.70 bits per heavy atom. The molecule has 30 heavy (non-hydrogen) atoms. The normalized spacial score (nSPS) is 18.9. The summed E-state index contributed by atoms with van der Waals surface area (Å²) in [5, 5.41) is 3.62. The Labute approximate surface area is 179 Å². The number of aromatic nitrogens is 1. The standard InChI is InChI=1S/C21H22ClN5O3/c1-13-20(29)25(2)7-8-26(13)21(30)15-9-17-19(23-10-15)24-11-18(28)27(17)12-14-3-5-16(22)6-4-14/h3-6,9-10,13H,7-8,11-12H2,1-2H3,(H,23,24). The first-order chi connectivity index (χ1) is 14.3. The van der Waals surface area contributed by atoms with Gasteiger partial charge in [0.2, 0.25) is 11.8 Å². The molecule has 156 valence electrons. The van der Waals surface area contributed by atoms with Crippen molar-refractivity contribution >= 4 is 40.8 Å². The van der Waals surface area contributed by atoms with E-state index >= 15 is 0 Å². The zero-order valence-corrected chi connectivity index (χ0v) is 17.5. The lowest BCUT2D eigenvalue weighted by atomic mass is 10.1. The maximum atomic E-state index is 13.1. The molecule has 4 rings (SSSR count). The van der Waals surface area contributed by atoms with Gasteiger partial charge in [0, 0.05) is 31.4 Å². The number of pyridine rings is 1. The van der Waals surface area contributed by atoms with Crippen molar-refractivity contribution in [2.75, 3.05) is 36.9 Å². The van der Waals surface area contributed by atoms with Crippen LogP contribution in [-0.4, -0.2) is 65.2 Å². The number of fused-ring (bicyclic) bond motifs is 1. The van der Waals surface area contributed by atoms with E-state index < -0.39 is 6.04 Å². The molecule has 2 aromatic rings. The summed E-state index contributed by atoms with van der Waals surface area (Å²) in [4.78, 5) is 47.1. The largest absolute Gasteiger partial charge is 0.359 e. The Morgan fingerprint density at radius 2 is 1.97 bits per heavy atom. The van der Waals surface area contributed by atoms with Crippen LogP contribution >= 0.6 is 11.6 Å². The lowest BCUT2D eigenvalue weighted by molar-refractivity contribution is -0.137. The van der Waals surface area contributed by atoms with Crippen molar-refractivity contribution in [3.8, 4) is 0 Å². The van der Waals surface area contributed by atoms with Gasteiger partial charge in [0.15, 0.2) is 5.82 Å². The van der Waals surface area contributed by atoms with Gasteiger partial charge in [-0.2, -0.15) is 0 Å². The number of carbonyl (C=O) groups excluding carboxylic acids is 3. The number of likely N-dealkylation sites (N-methyl/N-ethyl adjacent to an activating group) is 1. The minimum Gasteiger partial charge on any atom is -0.359 e. The van der Waals surface area contributed by atoms with Gasteiger partial charge in [-0.25, -0.2) is 4.98 Å². The van der Waals surface area contributed by atoms with Crippen molar-refractivity contribution < 1.29 is 14.4 Å². The molecule has 1 N–H and O–H groups in total. The van der Waals surface area contributed by atoms with Crippen LogP contribution < -0.4 is 10.2 Å². The number of benzene rings is 1. The van der Waals surface area contributed by atoms with Crippen molar-refractivity contribution in [3.63, 3.8) is 0 Å². The molecule has 0 spiro atoms. The van der Waals surface area contributed by atoms with Gasteiger partial charge in [0.25, 0.3) is 5.91 Å². The Hall–Kier alpha value is -3.13. The third-order valence-corrected chi connectivity index (χ3v) is 5.76. The number of amides is 3. The van der Waals surface area contributed by atoms with Gasteiger partial charge in [-0.15, -0.1) is 0 Å². The summed E-state index contributed by atoms with van der Waals surface area (Å²) in [5.74, 6) is 0.0556. The highest BCUT2D eigenvalue weighted by Crippen LogP contribution is 2.30. The van der Waals surface area contributed by atoms with Crippen molar-refractivity contribution in [2.24, 2.45) is 0 Å². The average Bonchev–Trinajstić information content (AvgIpc) is 2.75. The van der Waals surface area contributed by atoms with Gasteiger partial charge in [-0.3, -0.25) is 14.4 Å². The van der Waals surface area contributed by atoms with Gasteiger partial charge in [0.1, 0.15) is 6.04 Å². The Balaban J connectivity index is 1.63. The van der Waals surface area contributed by atoms with E-state index in [4.69, 9.17) is 11.6 Å². The zero-order chi connectivity index (χ0) is 21.4. The number of hydrogen-bond donors (Lipinski definition) is 1. The molecular weight excluding hydrogens is 406 g/mol. The highest BCUT2D eigenvalue weighted by molar-refractivity contribution is 6.30. The van der Waals surface area contributed by atoms with Crippen molar-refractivity contribution in [2.45, 2.75) is 19.5 Å². The van der Waals surface area contributed by atoms with Gasteiger partial charge >= 0.3 is 0 Å². The second-order valence-corrected chi connectivity index (χ2v) is 7.92. The number of piperazine rings is 1. The van der Waals surface area contributed by atoms with Crippen LogP contribution in [0.25, 0.3) is 0 Å². The minimum absolute atomic E-state index is 0.0956. The highest BCUT2D eigenvalue weighted by atomic mass is 35.5. The van der Waals surface area contributed by atoms with Crippen LogP contribution in [0.2, 0.25) is 5.02 Å². The first-order valence-electron chi connectivity index (χ1n) is 9.70. The molecule has 1 aromatic heterocycles. The summed E-state index contributed by atoms with van der Waals surface area (Å²) >= 11 is 5.95. The second-order valence-electron chi connectivity index (χ2n) is 7.49. The van der Waals surface area contributed by atoms with E-state index in [1.165, 1.54) is 6.20 Å². The molecule has 1 unspecified atom stereocenters. The summed E-state index contributed by atoms with van der Waals surface area (Å²) < 4.78 is 0. The lowest BCUT2D eigenvalue weighted by Gasteiger charge is -2.37. The zero-order valence-electron chi connectivity index (χ0n) is 16.8. The third-order valence-electron chi connectivity index (χ3n) is 5.51. The number of nitrogens with zero attached hydrogens (tertiary/aromatic N) is 4. The number of carbonyl (C=O) groups is 3. The molecule has 0 saturated carbocycles. The maximum Gasteiger partial charge on any atom is 0.256 e. The van der Waals surface area contributed by atoms with Crippen molar-refractivity contribution in [3.05, 3.63) is 52.7 Å². The molecule has 9 heteroatoms. The fourth-order valence-electron chi connectivity index (χ4n) is 3.70. The summed E-state index contributed by atoms with van der Waals surface area (Å²) in [6, 6.07) is 8.38. The Bertz CT molecular complexity index is 1010. The number of anilines is 2. The average molecular weight is 428 g/mol. The minimum atomic E-state index is -0.544. The van der Waals surface area contributed by atoms with E-state index in [2.05, 4.69) is 10.3 Å². The first kappa shape index (κ1) is 20.2. The van der Waals surface area contributed by atoms with Gasteiger partial charge < -0.3 is 20.0 Å².